The number of rotatable bonds is 3. The summed E-state index contributed by atoms with van der Waals surface area (Å²) in [5.41, 5.74) is 3.72. The Labute approximate surface area is 116 Å². The van der Waals surface area contributed by atoms with Crippen LogP contribution in [0.25, 0.3) is 0 Å². The molecule has 0 unspecified atom stereocenters. The molecule has 5 atom stereocenters. The van der Waals surface area contributed by atoms with Crippen molar-refractivity contribution in [1.82, 2.24) is 9.55 Å². The van der Waals surface area contributed by atoms with Gasteiger partial charge in [0.05, 0.1) is 0 Å². The average molecular weight is 323 g/mol. The number of aromatic nitrogens is 2. The summed E-state index contributed by atoms with van der Waals surface area (Å²) in [5.74, 6) is -1.87. The lowest BCUT2D eigenvalue weighted by Crippen LogP contribution is -2.43. The third kappa shape index (κ3) is 2.99. The summed E-state index contributed by atoms with van der Waals surface area (Å²) >= 11 is 0. The van der Waals surface area contributed by atoms with Gasteiger partial charge in [0.2, 0.25) is 0 Å². The number of nitrogens with two attached hydrogens (primary N) is 1. The molecule has 1 fully saturated rings. The molecule has 12 heteroatoms. The van der Waals surface area contributed by atoms with E-state index in [1.807, 2.05) is 4.98 Å². The Bertz CT molecular complexity index is 680. The van der Waals surface area contributed by atoms with E-state index in [0.29, 0.717) is 0 Å². The van der Waals surface area contributed by atoms with E-state index in [1.165, 1.54) is 0 Å². The zero-order chi connectivity index (χ0) is 15.9. The summed E-state index contributed by atoms with van der Waals surface area (Å²) in [4.78, 5) is 42.5. The highest BCUT2D eigenvalue weighted by Gasteiger charge is 2.50. The van der Waals surface area contributed by atoms with E-state index in [1.54, 1.807) is 0 Å². The summed E-state index contributed by atoms with van der Waals surface area (Å²) in [6, 6.07) is 0.986. The number of hydrogen-bond acceptors (Lipinski definition) is 7. The van der Waals surface area contributed by atoms with Crippen molar-refractivity contribution < 1.29 is 29.3 Å². The van der Waals surface area contributed by atoms with Crippen molar-refractivity contribution >= 4 is 7.60 Å². The lowest BCUT2D eigenvalue weighted by molar-refractivity contribution is -0.0417. The van der Waals surface area contributed by atoms with E-state index in [-0.39, 0.29) is 0 Å². The predicted molar refractivity (Wildman–Crippen MR) is 67.3 cm³/mol. The Morgan fingerprint density at radius 1 is 1.33 bits per heavy atom. The number of ether oxygens (including phenoxy) is 1. The van der Waals surface area contributed by atoms with Gasteiger partial charge in [0.1, 0.15) is 24.1 Å². The highest BCUT2D eigenvalue weighted by atomic mass is 31.2. The van der Waals surface area contributed by atoms with Crippen molar-refractivity contribution in [2.45, 2.75) is 30.3 Å². The Balaban J connectivity index is 2.34. The highest BCUT2D eigenvalue weighted by Crippen LogP contribution is 2.44. The quantitative estimate of drug-likeness (QED) is 0.308. The maximum Gasteiger partial charge on any atom is 0.344 e. The van der Waals surface area contributed by atoms with Crippen molar-refractivity contribution in [1.29, 1.82) is 0 Å². The maximum atomic E-state index is 11.6. The molecule has 2 heterocycles. The van der Waals surface area contributed by atoms with Crippen LogP contribution < -0.4 is 17.0 Å². The molecule has 7 N–H and O–H groups in total. The smallest absolute Gasteiger partial charge is 0.344 e. The largest absolute Gasteiger partial charge is 0.387 e. The van der Waals surface area contributed by atoms with Crippen LogP contribution in [0, 0.1) is 0 Å². The van der Waals surface area contributed by atoms with Gasteiger partial charge in [-0.1, -0.05) is 0 Å². The van der Waals surface area contributed by atoms with Gasteiger partial charge in [-0.3, -0.25) is 18.9 Å². The van der Waals surface area contributed by atoms with Gasteiger partial charge in [-0.05, 0) is 0 Å². The molecule has 1 aromatic rings. The summed E-state index contributed by atoms with van der Waals surface area (Å²) in [5, 5.41) is 19.6. The number of hydrogen-bond donors (Lipinski definition) is 6. The summed E-state index contributed by atoms with van der Waals surface area (Å²) in [7, 11) is -4.77. The molecule has 0 saturated carbocycles. The molecule has 1 aromatic heterocycles. The first-order chi connectivity index (χ1) is 9.62. The fraction of sp³-hybridized carbons (Fsp3) is 0.556. The minimum Gasteiger partial charge on any atom is -0.387 e. The van der Waals surface area contributed by atoms with E-state index in [0.717, 1.165) is 16.8 Å². The first-order valence-corrected chi connectivity index (χ1v) is 7.45. The Kier molecular flexibility index (Phi) is 4.17. The minimum atomic E-state index is -4.77. The van der Waals surface area contributed by atoms with E-state index in [2.05, 4.69) is 0 Å². The van der Waals surface area contributed by atoms with Crippen LogP contribution in [0.1, 0.15) is 6.23 Å². The van der Waals surface area contributed by atoms with Crippen LogP contribution >= 0.6 is 7.60 Å². The van der Waals surface area contributed by atoms with Gasteiger partial charge < -0.3 is 30.5 Å². The van der Waals surface area contributed by atoms with Gasteiger partial charge in [-0.25, -0.2) is 4.79 Å². The Hall–Kier alpha value is -1.33. The van der Waals surface area contributed by atoms with E-state index < -0.39 is 49.2 Å². The van der Waals surface area contributed by atoms with E-state index >= 15 is 0 Å². The zero-order valence-corrected chi connectivity index (χ0v) is 11.3. The Morgan fingerprint density at radius 2 is 1.95 bits per heavy atom. The van der Waals surface area contributed by atoms with Gasteiger partial charge in [-0.15, -0.1) is 0 Å². The number of aliphatic hydroxyl groups excluding tert-OH is 2. The molecule has 0 amide bonds. The molecule has 2 rings (SSSR count). The van der Waals surface area contributed by atoms with Gasteiger partial charge in [0, 0.05) is 12.3 Å². The minimum absolute atomic E-state index is 0.673. The van der Waals surface area contributed by atoms with Crippen LogP contribution in [0.3, 0.4) is 0 Å². The van der Waals surface area contributed by atoms with Crippen LogP contribution in [0.4, 0.5) is 0 Å². The lowest BCUT2D eigenvalue weighted by Gasteiger charge is -2.22. The molecule has 1 saturated heterocycles. The fourth-order valence-corrected chi connectivity index (χ4v) is 2.65. The molecular weight excluding hydrogens is 309 g/mol. The number of aliphatic hydroxyl groups is 2. The fourth-order valence-electron chi connectivity index (χ4n) is 2.02. The number of aromatic amines is 1. The molecule has 1 aliphatic rings. The van der Waals surface area contributed by atoms with Crippen LogP contribution in [0.2, 0.25) is 0 Å². The van der Waals surface area contributed by atoms with Crippen molar-refractivity contribution in [2.24, 2.45) is 5.73 Å². The molecule has 21 heavy (non-hydrogen) atoms. The normalized spacial score (nSPS) is 31.3. The standard InChI is InChI=1S/C9H14N3O8P/c10-7(21(17,18)19)6-4(14)5(15)8(20-6)12-2-1-3(13)11-9(12)16/h1-2,4-8,14-15H,10H2,(H,11,13,16)(H2,17,18,19)/t4-,5+,6-,7-,8+/m0/s1. The van der Waals surface area contributed by atoms with E-state index in [9.17, 15) is 24.4 Å². The van der Waals surface area contributed by atoms with Gasteiger partial charge in [0.25, 0.3) is 5.56 Å². The van der Waals surface area contributed by atoms with Gasteiger partial charge >= 0.3 is 13.3 Å². The second-order valence-electron chi connectivity index (χ2n) is 4.57. The molecule has 0 radical (unpaired) electrons. The third-order valence-electron chi connectivity index (χ3n) is 3.13. The molecule has 118 valence electrons. The molecule has 0 aromatic carbocycles. The zero-order valence-electron chi connectivity index (χ0n) is 10.4. The first kappa shape index (κ1) is 16.0. The Morgan fingerprint density at radius 3 is 2.48 bits per heavy atom. The second-order valence-corrected chi connectivity index (χ2v) is 6.34. The highest BCUT2D eigenvalue weighted by molar-refractivity contribution is 7.52. The molecular formula is C9H14N3O8P. The number of nitrogens with one attached hydrogen (secondary N) is 1. The first-order valence-electron chi connectivity index (χ1n) is 5.77. The second kappa shape index (κ2) is 5.46. The van der Waals surface area contributed by atoms with Crippen molar-refractivity contribution in [3.05, 3.63) is 33.1 Å². The maximum absolute atomic E-state index is 11.6. The summed E-state index contributed by atoms with van der Waals surface area (Å²) < 4.78 is 17.0. The molecule has 11 nitrogen and oxygen atoms in total. The molecule has 0 aliphatic carbocycles. The van der Waals surface area contributed by atoms with Gasteiger partial charge in [-0.2, -0.15) is 0 Å². The lowest BCUT2D eigenvalue weighted by atomic mass is 10.1. The SMILES string of the molecule is N[C@H]([C@H]1O[C@@H](n2ccc(=O)[nH]c2=O)[C@H](O)[C@@H]1O)P(=O)(O)O. The number of nitrogens with zero attached hydrogens (tertiary/aromatic N) is 1. The summed E-state index contributed by atoms with van der Waals surface area (Å²) in [6.45, 7) is 0. The van der Waals surface area contributed by atoms with Crippen LogP contribution in [-0.4, -0.2) is 53.6 Å². The van der Waals surface area contributed by atoms with Crippen LogP contribution in [-0.2, 0) is 9.30 Å². The van der Waals surface area contributed by atoms with Crippen LogP contribution in [0.15, 0.2) is 21.9 Å². The monoisotopic (exact) mass is 323 g/mol. The van der Waals surface area contributed by atoms with Crippen molar-refractivity contribution in [3.8, 4) is 0 Å². The molecule has 0 spiro atoms. The molecule has 1 aliphatic heterocycles. The number of H-pyrrole nitrogens is 1. The van der Waals surface area contributed by atoms with Crippen molar-refractivity contribution in [3.63, 3.8) is 0 Å². The third-order valence-corrected chi connectivity index (χ3v) is 4.20. The van der Waals surface area contributed by atoms with E-state index in [4.69, 9.17) is 20.3 Å². The van der Waals surface area contributed by atoms with Gasteiger partial charge in [0.15, 0.2) is 6.23 Å². The topological polar surface area (TPSA) is 188 Å². The van der Waals surface area contributed by atoms with Crippen LogP contribution in [0.5, 0.6) is 0 Å². The average Bonchev–Trinajstić information content (AvgIpc) is 2.65. The van der Waals surface area contributed by atoms with Crippen molar-refractivity contribution in [2.75, 3.05) is 0 Å². The summed E-state index contributed by atoms with van der Waals surface area (Å²) in [6.07, 6.45) is -5.36. The molecule has 0 bridgehead atoms. The predicted octanol–water partition coefficient (Wildman–Crippen LogP) is -3.38.